The second-order valence-electron chi connectivity index (χ2n) is 5.38. The fourth-order valence-electron chi connectivity index (χ4n) is 2.53. The van der Waals surface area contributed by atoms with E-state index in [-0.39, 0.29) is 32.1 Å². The molecule has 6 nitrogen and oxygen atoms in total. The lowest BCUT2D eigenvalue weighted by Gasteiger charge is -2.35. The fourth-order valence-corrected chi connectivity index (χ4v) is 2.53. The molecule has 2 amide bonds. The highest BCUT2D eigenvalue weighted by Crippen LogP contribution is 2.22. The van der Waals surface area contributed by atoms with Gasteiger partial charge in [0.15, 0.2) is 0 Å². The molecule has 0 saturated carbocycles. The lowest BCUT2D eigenvalue weighted by molar-refractivity contribution is -0.162. The van der Waals surface area contributed by atoms with Crippen molar-refractivity contribution < 1.29 is 27.3 Å². The van der Waals surface area contributed by atoms with Crippen LogP contribution in [0.25, 0.3) is 0 Å². The first-order valence-electron chi connectivity index (χ1n) is 7.32. The van der Waals surface area contributed by atoms with Crippen molar-refractivity contribution in [3.05, 3.63) is 17.0 Å². The standard InChI is InChI=1S/C14H18F3N3O3/c1-3-10-12(9(2)18-23-10)13(22)20-6-4-19(5-7-20)11(21)8-14(15,16)17/h3-8H2,1-2H3. The van der Waals surface area contributed by atoms with Crippen LogP contribution < -0.4 is 0 Å². The van der Waals surface area contributed by atoms with Crippen LogP contribution in [0.5, 0.6) is 0 Å². The highest BCUT2D eigenvalue weighted by atomic mass is 19.4. The Kier molecular flexibility index (Phi) is 4.96. The van der Waals surface area contributed by atoms with Crippen molar-refractivity contribution in [2.45, 2.75) is 32.9 Å². The first kappa shape index (κ1) is 17.3. The summed E-state index contributed by atoms with van der Waals surface area (Å²) in [5.41, 5.74) is 0.894. The summed E-state index contributed by atoms with van der Waals surface area (Å²) in [6.45, 7) is 4.06. The molecule has 0 bridgehead atoms. The van der Waals surface area contributed by atoms with Crippen molar-refractivity contribution in [3.63, 3.8) is 0 Å². The van der Waals surface area contributed by atoms with Crippen LogP contribution in [0.2, 0.25) is 0 Å². The summed E-state index contributed by atoms with van der Waals surface area (Å²) in [6.07, 6.45) is -5.46. The first-order chi connectivity index (χ1) is 10.7. The molecule has 128 valence electrons. The molecule has 2 rings (SSSR count). The Labute approximate surface area is 131 Å². The third-order valence-electron chi connectivity index (χ3n) is 3.74. The Morgan fingerprint density at radius 2 is 1.74 bits per heavy atom. The Morgan fingerprint density at radius 3 is 2.26 bits per heavy atom. The van der Waals surface area contributed by atoms with Gasteiger partial charge in [-0.25, -0.2) is 0 Å². The number of piperazine rings is 1. The summed E-state index contributed by atoms with van der Waals surface area (Å²) in [5, 5.41) is 3.77. The van der Waals surface area contributed by atoms with E-state index in [0.717, 1.165) is 4.90 Å². The van der Waals surface area contributed by atoms with E-state index in [1.807, 2.05) is 6.92 Å². The van der Waals surface area contributed by atoms with E-state index in [1.54, 1.807) is 6.92 Å². The number of hydrogen-bond acceptors (Lipinski definition) is 4. The lowest BCUT2D eigenvalue weighted by atomic mass is 10.1. The van der Waals surface area contributed by atoms with Crippen LogP contribution >= 0.6 is 0 Å². The van der Waals surface area contributed by atoms with E-state index in [2.05, 4.69) is 5.16 Å². The van der Waals surface area contributed by atoms with Gasteiger partial charge in [-0.15, -0.1) is 0 Å². The van der Waals surface area contributed by atoms with Crippen molar-refractivity contribution in [2.75, 3.05) is 26.2 Å². The average molecular weight is 333 g/mol. The summed E-state index contributed by atoms with van der Waals surface area (Å²) in [5.74, 6) is -0.730. The first-order valence-corrected chi connectivity index (χ1v) is 7.32. The Balaban J connectivity index is 1.98. The molecule has 0 aromatic carbocycles. The zero-order chi connectivity index (χ0) is 17.2. The molecule has 23 heavy (non-hydrogen) atoms. The van der Waals surface area contributed by atoms with Crippen molar-refractivity contribution in [1.29, 1.82) is 0 Å². The average Bonchev–Trinajstić information content (AvgIpc) is 2.86. The largest absolute Gasteiger partial charge is 0.397 e. The maximum absolute atomic E-state index is 12.5. The smallest absolute Gasteiger partial charge is 0.360 e. The second-order valence-corrected chi connectivity index (χ2v) is 5.38. The third-order valence-corrected chi connectivity index (χ3v) is 3.74. The van der Waals surface area contributed by atoms with Crippen molar-refractivity contribution in [3.8, 4) is 0 Å². The molecule has 1 saturated heterocycles. The van der Waals surface area contributed by atoms with Crippen LogP contribution in [-0.4, -0.2) is 59.1 Å². The molecule has 1 aromatic rings. The molecule has 1 aliphatic rings. The predicted molar refractivity (Wildman–Crippen MR) is 73.8 cm³/mol. The number of hydrogen-bond donors (Lipinski definition) is 0. The van der Waals surface area contributed by atoms with Crippen LogP contribution in [0.1, 0.15) is 35.2 Å². The van der Waals surface area contributed by atoms with E-state index in [0.29, 0.717) is 23.4 Å². The molecular formula is C14H18F3N3O3. The molecule has 0 N–H and O–H groups in total. The van der Waals surface area contributed by atoms with Gasteiger partial charge in [0, 0.05) is 32.6 Å². The van der Waals surface area contributed by atoms with Crippen LogP contribution in [0.15, 0.2) is 4.52 Å². The van der Waals surface area contributed by atoms with Crippen LogP contribution in [0, 0.1) is 6.92 Å². The monoisotopic (exact) mass is 333 g/mol. The third kappa shape index (κ3) is 4.02. The van der Waals surface area contributed by atoms with E-state index in [4.69, 9.17) is 4.52 Å². The van der Waals surface area contributed by atoms with Gasteiger partial charge in [0.05, 0.1) is 5.69 Å². The molecule has 9 heteroatoms. The van der Waals surface area contributed by atoms with E-state index in [1.165, 1.54) is 4.90 Å². The van der Waals surface area contributed by atoms with Crippen molar-refractivity contribution >= 4 is 11.8 Å². The maximum Gasteiger partial charge on any atom is 0.397 e. The normalized spacial score (nSPS) is 15.9. The quantitative estimate of drug-likeness (QED) is 0.846. The Hall–Kier alpha value is -2.06. The zero-order valence-electron chi connectivity index (χ0n) is 12.9. The summed E-state index contributed by atoms with van der Waals surface area (Å²) in [6, 6.07) is 0. The predicted octanol–water partition coefficient (Wildman–Crippen LogP) is 1.78. The van der Waals surface area contributed by atoms with E-state index < -0.39 is 18.5 Å². The van der Waals surface area contributed by atoms with Gasteiger partial charge in [0.2, 0.25) is 5.91 Å². The number of alkyl halides is 3. The molecule has 0 spiro atoms. The SMILES string of the molecule is CCc1onc(C)c1C(=O)N1CCN(C(=O)CC(F)(F)F)CC1. The number of carbonyl (C=O) groups excluding carboxylic acids is 2. The number of aryl methyl sites for hydroxylation is 2. The summed E-state index contributed by atoms with van der Waals surface area (Å²) < 4.78 is 41.8. The Morgan fingerprint density at radius 1 is 1.17 bits per heavy atom. The van der Waals surface area contributed by atoms with Crippen molar-refractivity contribution in [2.24, 2.45) is 0 Å². The van der Waals surface area contributed by atoms with E-state index >= 15 is 0 Å². The minimum atomic E-state index is -4.51. The van der Waals surface area contributed by atoms with Gasteiger partial charge in [-0.2, -0.15) is 13.2 Å². The molecule has 0 aliphatic carbocycles. The van der Waals surface area contributed by atoms with E-state index in [9.17, 15) is 22.8 Å². The summed E-state index contributed by atoms with van der Waals surface area (Å²) in [7, 11) is 0. The Bertz CT molecular complexity index is 590. The van der Waals surface area contributed by atoms with Gasteiger partial charge in [-0.05, 0) is 6.92 Å². The number of carbonyl (C=O) groups is 2. The molecule has 0 atom stereocenters. The topological polar surface area (TPSA) is 66.7 Å². The van der Waals surface area contributed by atoms with Gasteiger partial charge in [0.25, 0.3) is 5.91 Å². The van der Waals surface area contributed by atoms with Crippen LogP contribution in [0.3, 0.4) is 0 Å². The second kappa shape index (κ2) is 6.59. The molecular weight excluding hydrogens is 315 g/mol. The van der Waals surface area contributed by atoms with Gasteiger partial charge in [-0.1, -0.05) is 12.1 Å². The molecule has 2 heterocycles. The number of amides is 2. The molecule has 0 radical (unpaired) electrons. The van der Waals surface area contributed by atoms with Gasteiger partial charge in [0.1, 0.15) is 17.7 Å². The number of rotatable bonds is 3. The molecule has 1 aliphatic heterocycles. The fraction of sp³-hybridized carbons (Fsp3) is 0.643. The number of aromatic nitrogens is 1. The minimum Gasteiger partial charge on any atom is -0.360 e. The van der Waals surface area contributed by atoms with Gasteiger partial charge >= 0.3 is 6.18 Å². The van der Waals surface area contributed by atoms with Gasteiger partial charge < -0.3 is 14.3 Å². The summed E-state index contributed by atoms with van der Waals surface area (Å²) >= 11 is 0. The maximum atomic E-state index is 12.5. The van der Waals surface area contributed by atoms with Gasteiger partial charge in [-0.3, -0.25) is 9.59 Å². The van der Waals surface area contributed by atoms with Crippen molar-refractivity contribution in [1.82, 2.24) is 15.0 Å². The van der Waals surface area contributed by atoms with Crippen LogP contribution in [0.4, 0.5) is 13.2 Å². The minimum absolute atomic E-state index is 0.0897. The summed E-state index contributed by atoms with van der Waals surface area (Å²) in [4.78, 5) is 26.7. The lowest BCUT2D eigenvalue weighted by Crippen LogP contribution is -2.51. The molecule has 0 unspecified atom stereocenters. The van der Waals surface area contributed by atoms with Crippen LogP contribution in [-0.2, 0) is 11.2 Å². The number of nitrogens with zero attached hydrogens (tertiary/aromatic N) is 3. The highest BCUT2D eigenvalue weighted by molar-refractivity contribution is 5.96. The molecule has 1 aromatic heterocycles. The zero-order valence-corrected chi connectivity index (χ0v) is 12.9. The molecule has 1 fully saturated rings. The number of halogens is 3. The highest BCUT2D eigenvalue weighted by Gasteiger charge is 2.35.